The van der Waals surface area contributed by atoms with Crippen molar-refractivity contribution in [3.8, 4) is 0 Å². The Morgan fingerprint density at radius 1 is 1.17 bits per heavy atom. The number of halogens is 4. The average molecular weight is 343 g/mol. The number of rotatable bonds is 3. The van der Waals surface area contributed by atoms with Gasteiger partial charge in [0.05, 0.1) is 10.6 Å². The highest BCUT2D eigenvalue weighted by Crippen LogP contribution is 2.36. The van der Waals surface area contributed by atoms with Gasteiger partial charge in [-0.05, 0) is 23.8 Å². The molecule has 0 aliphatic heterocycles. The van der Waals surface area contributed by atoms with E-state index in [2.05, 4.69) is 5.32 Å². The first-order valence-corrected chi connectivity index (χ1v) is 7.08. The van der Waals surface area contributed by atoms with Crippen LogP contribution in [0.25, 0.3) is 0 Å². The summed E-state index contributed by atoms with van der Waals surface area (Å²) < 4.78 is 38.4. The summed E-state index contributed by atoms with van der Waals surface area (Å²) >= 11 is 5.54. The highest BCUT2D eigenvalue weighted by Gasteiger charge is 2.33. The Hall–Kier alpha value is -2.21. The number of carbonyl (C=O) groups is 1. The molecule has 0 radical (unpaired) electrons. The van der Waals surface area contributed by atoms with Crippen LogP contribution < -0.4 is 5.32 Å². The number of alkyl halides is 3. The minimum atomic E-state index is -4.58. The van der Waals surface area contributed by atoms with Gasteiger partial charge in [0, 0.05) is 19.3 Å². The molecule has 2 aromatic carbocycles. The lowest BCUT2D eigenvalue weighted by atomic mass is 10.2. The summed E-state index contributed by atoms with van der Waals surface area (Å²) in [5, 5.41) is 2.02. The van der Waals surface area contributed by atoms with Crippen LogP contribution in [0.3, 0.4) is 0 Å². The van der Waals surface area contributed by atoms with E-state index >= 15 is 0 Å². The normalized spacial score (nSPS) is 11.2. The highest BCUT2D eigenvalue weighted by atomic mass is 35.5. The fraction of sp³-hybridized carbons (Fsp3) is 0.188. The van der Waals surface area contributed by atoms with Gasteiger partial charge in [-0.1, -0.05) is 41.9 Å². The lowest BCUT2D eigenvalue weighted by molar-refractivity contribution is -0.137. The van der Waals surface area contributed by atoms with Gasteiger partial charge >= 0.3 is 12.2 Å². The number of amides is 2. The molecule has 2 rings (SSSR count). The van der Waals surface area contributed by atoms with Gasteiger partial charge in [-0.25, -0.2) is 4.79 Å². The van der Waals surface area contributed by atoms with Gasteiger partial charge in [-0.3, -0.25) is 0 Å². The third kappa shape index (κ3) is 4.63. The Kier molecular flexibility index (Phi) is 5.15. The second kappa shape index (κ2) is 6.91. The number of hydrogen-bond donors (Lipinski definition) is 1. The van der Waals surface area contributed by atoms with Crippen LogP contribution in [0.5, 0.6) is 0 Å². The Labute approximate surface area is 136 Å². The van der Waals surface area contributed by atoms with Gasteiger partial charge in [-0.2, -0.15) is 13.2 Å². The third-order valence-electron chi connectivity index (χ3n) is 3.13. The molecule has 0 unspecified atom stereocenters. The van der Waals surface area contributed by atoms with Crippen molar-refractivity contribution in [3.05, 3.63) is 64.7 Å². The number of urea groups is 1. The van der Waals surface area contributed by atoms with Gasteiger partial charge in [0.1, 0.15) is 0 Å². The van der Waals surface area contributed by atoms with Crippen molar-refractivity contribution in [1.29, 1.82) is 0 Å². The van der Waals surface area contributed by atoms with Crippen molar-refractivity contribution < 1.29 is 18.0 Å². The van der Waals surface area contributed by atoms with E-state index in [1.165, 1.54) is 11.0 Å². The van der Waals surface area contributed by atoms with Crippen LogP contribution in [-0.2, 0) is 12.7 Å². The smallest absolute Gasteiger partial charge is 0.323 e. The molecule has 0 atom stereocenters. The number of hydrogen-bond acceptors (Lipinski definition) is 1. The zero-order valence-corrected chi connectivity index (χ0v) is 12.9. The van der Waals surface area contributed by atoms with E-state index in [1.54, 1.807) is 7.05 Å². The summed E-state index contributed by atoms with van der Waals surface area (Å²) in [7, 11) is 1.56. The molecule has 0 spiro atoms. The van der Waals surface area contributed by atoms with Gasteiger partial charge < -0.3 is 10.2 Å². The second-order valence-electron chi connectivity index (χ2n) is 4.96. The van der Waals surface area contributed by atoms with E-state index < -0.39 is 22.8 Å². The van der Waals surface area contributed by atoms with Crippen LogP contribution in [0, 0.1) is 0 Å². The van der Waals surface area contributed by atoms with Crippen molar-refractivity contribution in [2.45, 2.75) is 12.7 Å². The minimum Gasteiger partial charge on any atom is -0.323 e. The van der Waals surface area contributed by atoms with E-state index in [4.69, 9.17) is 11.6 Å². The van der Waals surface area contributed by atoms with Gasteiger partial charge in [0.15, 0.2) is 0 Å². The molecule has 0 aliphatic rings. The molecule has 0 saturated heterocycles. The average Bonchev–Trinajstić information content (AvgIpc) is 2.49. The molecule has 2 amide bonds. The summed E-state index contributed by atoms with van der Waals surface area (Å²) in [5.74, 6) is 0. The predicted molar refractivity (Wildman–Crippen MR) is 83.4 cm³/mol. The molecule has 122 valence electrons. The molecule has 2 aromatic rings. The van der Waals surface area contributed by atoms with E-state index in [-0.39, 0.29) is 5.69 Å². The topological polar surface area (TPSA) is 32.3 Å². The number of anilines is 1. The fourth-order valence-corrected chi connectivity index (χ4v) is 2.19. The monoisotopic (exact) mass is 342 g/mol. The summed E-state index contributed by atoms with van der Waals surface area (Å²) in [4.78, 5) is 13.4. The van der Waals surface area contributed by atoms with E-state index in [9.17, 15) is 18.0 Å². The second-order valence-corrected chi connectivity index (χ2v) is 5.37. The molecule has 7 heteroatoms. The molecule has 3 nitrogen and oxygen atoms in total. The van der Waals surface area contributed by atoms with Gasteiger partial charge in [-0.15, -0.1) is 0 Å². The first kappa shape index (κ1) is 17.1. The first-order chi connectivity index (χ1) is 10.8. The summed E-state index contributed by atoms with van der Waals surface area (Å²) in [5.41, 5.74) is -0.0356. The maximum Gasteiger partial charge on any atom is 0.417 e. The van der Waals surface area contributed by atoms with Crippen molar-refractivity contribution in [3.63, 3.8) is 0 Å². The lowest BCUT2D eigenvalue weighted by Crippen LogP contribution is -2.30. The standard InChI is InChI=1S/C16H14ClF3N2O/c1-22(10-11-5-3-2-4-6-11)15(23)21-12-7-8-14(17)13(9-12)16(18,19)20/h2-9H,10H2,1H3,(H,21,23). The largest absolute Gasteiger partial charge is 0.417 e. The summed E-state index contributed by atoms with van der Waals surface area (Å²) in [6, 6.07) is 12.0. The maximum absolute atomic E-state index is 12.8. The minimum absolute atomic E-state index is 0.0339. The predicted octanol–water partition coefficient (Wildman–Crippen LogP) is 5.02. The van der Waals surface area contributed by atoms with Crippen LogP contribution in [0.1, 0.15) is 11.1 Å². The van der Waals surface area contributed by atoms with E-state index in [0.29, 0.717) is 6.54 Å². The molecule has 0 bridgehead atoms. The molecule has 0 saturated carbocycles. The van der Waals surface area contributed by atoms with Gasteiger partial charge in [0.25, 0.3) is 0 Å². The molecule has 0 fully saturated rings. The molecular weight excluding hydrogens is 329 g/mol. The van der Waals surface area contributed by atoms with Crippen molar-refractivity contribution in [1.82, 2.24) is 4.90 Å². The Balaban J connectivity index is 2.08. The Bertz CT molecular complexity index is 689. The Morgan fingerprint density at radius 2 is 1.83 bits per heavy atom. The fourth-order valence-electron chi connectivity index (χ4n) is 1.97. The lowest BCUT2D eigenvalue weighted by Gasteiger charge is -2.19. The van der Waals surface area contributed by atoms with E-state index in [0.717, 1.165) is 17.7 Å². The van der Waals surface area contributed by atoms with Crippen molar-refractivity contribution >= 4 is 23.3 Å². The first-order valence-electron chi connectivity index (χ1n) is 6.70. The highest BCUT2D eigenvalue weighted by molar-refractivity contribution is 6.31. The van der Waals surface area contributed by atoms with Crippen LogP contribution in [-0.4, -0.2) is 18.0 Å². The zero-order chi connectivity index (χ0) is 17.0. The third-order valence-corrected chi connectivity index (χ3v) is 3.46. The maximum atomic E-state index is 12.8. The van der Waals surface area contributed by atoms with E-state index in [1.807, 2.05) is 30.3 Å². The molecule has 0 heterocycles. The summed E-state index contributed by atoms with van der Waals surface area (Å²) in [6.07, 6.45) is -4.58. The number of benzene rings is 2. The summed E-state index contributed by atoms with van der Waals surface area (Å²) in [6.45, 7) is 0.340. The molecule has 0 aromatic heterocycles. The van der Waals surface area contributed by atoms with Crippen LogP contribution >= 0.6 is 11.6 Å². The van der Waals surface area contributed by atoms with Crippen LogP contribution in [0.2, 0.25) is 5.02 Å². The van der Waals surface area contributed by atoms with Crippen molar-refractivity contribution in [2.75, 3.05) is 12.4 Å². The number of nitrogens with zero attached hydrogens (tertiary/aromatic N) is 1. The Morgan fingerprint density at radius 3 is 2.43 bits per heavy atom. The number of nitrogens with one attached hydrogen (secondary N) is 1. The number of carbonyl (C=O) groups excluding carboxylic acids is 1. The van der Waals surface area contributed by atoms with Crippen molar-refractivity contribution in [2.24, 2.45) is 0 Å². The molecule has 23 heavy (non-hydrogen) atoms. The van der Waals surface area contributed by atoms with Gasteiger partial charge in [0.2, 0.25) is 0 Å². The SMILES string of the molecule is CN(Cc1ccccc1)C(=O)Nc1ccc(Cl)c(C(F)(F)F)c1. The quantitative estimate of drug-likeness (QED) is 0.834. The zero-order valence-electron chi connectivity index (χ0n) is 12.2. The van der Waals surface area contributed by atoms with Crippen LogP contribution in [0.15, 0.2) is 48.5 Å². The van der Waals surface area contributed by atoms with Crippen LogP contribution in [0.4, 0.5) is 23.7 Å². The molecular formula is C16H14ClF3N2O. The molecule has 1 N–H and O–H groups in total. The molecule has 0 aliphatic carbocycles.